The second-order valence-corrected chi connectivity index (χ2v) is 8.96. The molecule has 8 nitrogen and oxygen atoms in total. The van der Waals surface area contributed by atoms with Crippen molar-refractivity contribution in [1.82, 2.24) is 15.1 Å². The number of nitrogens with one attached hydrogen (secondary N) is 1. The Bertz CT molecular complexity index is 896. The van der Waals surface area contributed by atoms with E-state index in [2.05, 4.69) is 15.1 Å². The molecule has 5 fully saturated rings. The van der Waals surface area contributed by atoms with Gasteiger partial charge in [-0.05, 0) is 13.3 Å². The molecule has 6 aliphatic heterocycles. The van der Waals surface area contributed by atoms with Gasteiger partial charge in [0.2, 0.25) is 5.78 Å². The maximum atomic E-state index is 13.5. The van der Waals surface area contributed by atoms with Gasteiger partial charge in [0.15, 0.2) is 11.5 Å². The summed E-state index contributed by atoms with van der Waals surface area (Å²) in [7, 11) is 1.47. The molecule has 7 aliphatic rings. The SMILES string of the molecule is COC1=C(C)C(=O)C2=C(C1=O)[C@@H]1CO[C@@H]3[C@@H]4CC5[C@@H](N4)[C@H]([C@@H]2N2CCO[C@H]52)N31. The predicted molar refractivity (Wildman–Crippen MR) is 95.0 cm³/mol. The summed E-state index contributed by atoms with van der Waals surface area (Å²) < 4.78 is 17.7. The quantitative estimate of drug-likeness (QED) is 0.586. The van der Waals surface area contributed by atoms with E-state index >= 15 is 0 Å². The second-order valence-electron chi connectivity index (χ2n) is 8.96. The van der Waals surface area contributed by atoms with Crippen molar-refractivity contribution in [2.75, 3.05) is 26.9 Å². The number of piperazine rings is 1. The number of ether oxygens (including phenoxy) is 3. The summed E-state index contributed by atoms with van der Waals surface area (Å²) >= 11 is 0. The highest BCUT2D eigenvalue weighted by Gasteiger charge is 2.69. The summed E-state index contributed by atoms with van der Waals surface area (Å²) in [6.45, 7) is 3.63. The van der Waals surface area contributed by atoms with Gasteiger partial charge >= 0.3 is 0 Å². The number of carbonyl (C=O) groups is 2. The number of rotatable bonds is 1. The summed E-state index contributed by atoms with van der Waals surface area (Å²) in [5.41, 5.74) is 1.68. The van der Waals surface area contributed by atoms with Gasteiger partial charge in [-0.25, -0.2) is 0 Å². The Morgan fingerprint density at radius 3 is 2.82 bits per heavy atom. The molecule has 1 aliphatic carbocycles. The Morgan fingerprint density at radius 1 is 1.14 bits per heavy atom. The van der Waals surface area contributed by atoms with E-state index < -0.39 is 0 Å². The predicted octanol–water partition coefficient (Wildman–Crippen LogP) is -0.835. The second kappa shape index (κ2) is 5.12. The molecule has 0 aromatic heterocycles. The molecule has 0 aromatic carbocycles. The number of nitrogens with zero attached hydrogens (tertiary/aromatic N) is 2. The third kappa shape index (κ3) is 1.60. The van der Waals surface area contributed by atoms with Gasteiger partial charge in [-0.15, -0.1) is 0 Å². The van der Waals surface area contributed by atoms with E-state index in [1.165, 1.54) is 7.11 Å². The number of allylic oxidation sites excluding steroid dienone is 2. The molecule has 1 unspecified atom stereocenters. The summed E-state index contributed by atoms with van der Waals surface area (Å²) in [6.07, 6.45) is 0.967. The molecule has 0 aromatic rings. The van der Waals surface area contributed by atoms with Crippen LogP contribution in [0.3, 0.4) is 0 Å². The van der Waals surface area contributed by atoms with Crippen molar-refractivity contribution < 1.29 is 23.8 Å². The molecule has 8 heteroatoms. The van der Waals surface area contributed by atoms with E-state index in [1.807, 2.05) is 0 Å². The highest BCUT2D eigenvalue weighted by atomic mass is 16.5. The molecular formula is C20H23N3O5. The minimum atomic E-state index is -0.165. The average molecular weight is 385 g/mol. The summed E-state index contributed by atoms with van der Waals surface area (Å²) in [5.74, 6) is 0.383. The molecule has 2 bridgehead atoms. The molecule has 0 radical (unpaired) electrons. The Labute approximate surface area is 162 Å². The molecule has 8 atom stereocenters. The lowest BCUT2D eigenvalue weighted by Gasteiger charge is -2.58. The van der Waals surface area contributed by atoms with Crippen molar-refractivity contribution in [3.63, 3.8) is 0 Å². The third-order valence-electron chi connectivity index (χ3n) is 8.04. The van der Waals surface area contributed by atoms with Crippen molar-refractivity contribution in [1.29, 1.82) is 0 Å². The maximum absolute atomic E-state index is 13.5. The maximum Gasteiger partial charge on any atom is 0.226 e. The first-order chi connectivity index (χ1) is 13.6. The largest absolute Gasteiger partial charge is 0.492 e. The van der Waals surface area contributed by atoms with E-state index in [-0.39, 0.29) is 60.0 Å². The Kier molecular flexibility index (Phi) is 2.97. The van der Waals surface area contributed by atoms with Crippen LogP contribution in [0, 0.1) is 5.92 Å². The van der Waals surface area contributed by atoms with Crippen molar-refractivity contribution in [2.24, 2.45) is 5.92 Å². The van der Waals surface area contributed by atoms with Gasteiger partial charge in [-0.3, -0.25) is 19.4 Å². The molecule has 0 saturated carbocycles. The summed E-state index contributed by atoms with van der Waals surface area (Å²) in [5, 5.41) is 3.79. The first-order valence-electron chi connectivity index (χ1n) is 10.2. The first-order valence-corrected chi connectivity index (χ1v) is 10.2. The lowest BCUT2D eigenvalue weighted by atomic mass is 9.70. The highest BCUT2D eigenvalue weighted by molar-refractivity contribution is 6.25. The third-order valence-corrected chi connectivity index (χ3v) is 8.04. The zero-order valence-electron chi connectivity index (χ0n) is 15.9. The van der Waals surface area contributed by atoms with Crippen LogP contribution in [0.15, 0.2) is 22.5 Å². The van der Waals surface area contributed by atoms with Crippen molar-refractivity contribution in [2.45, 2.75) is 56.0 Å². The molecule has 0 spiro atoms. The van der Waals surface area contributed by atoms with Gasteiger partial charge < -0.3 is 19.5 Å². The molecule has 0 amide bonds. The van der Waals surface area contributed by atoms with Crippen LogP contribution < -0.4 is 5.32 Å². The van der Waals surface area contributed by atoms with Crippen molar-refractivity contribution >= 4 is 11.6 Å². The zero-order valence-corrected chi connectivity index (χ0v) is 15.9. The molecule has 5 saturated heterocycles. The standard InChI is InChI=1S/C20H23N3O5/c1-7-16(24)12-11(17(25)18(7)26-2)10-6-28-20-9-5-8-13(21-9)15(23(10)20)14(12)22-3-4-27-19(8)22/h8-10,13-15,19-21H,3-6H2,1-2H3/t8?,9-,10-,13+,14+,15+,19+,20+/m0/s1. The molecule has 1 N–H and O–H groups in total. The summed E-state index contributed by atoms with van der Waals surface area (Å²) in [4.78, 5) is 31.7. The number of hydrogen-bond acceptors (Lipinski definition) is 8. The van der Waals surface area contributed by atoms with Crippen LogP contribution in [0.1, 0.15) is 13.3 Å². The van der Waals surface area contributed by atoms with Crippen molar-refractivity contribution in [3.05, 3.63) is 22.5 Å². The van der Waals surface area contributed by atoms with Crippen LogP contribution in [0.4, 0.5) is 0 Å². The highest BCUT2D eigenvalue weighted by Crippen LogP contribution is 2.54. The van der Waals surface area contributed by atoms with Gasteiger partial charge in [-0.2, -0.15) is 0 Å². The Hall–Kier alpha value is -1.58. The van der Waals surface area contributed by atoms with Gasteiger partial charge in [0.05, 0.1) is 32.4 Å². The van der Waals surface area contributed by atoms with E-state index in [1.54, 1.807) is 6.92 Å². The number of carbonyl (C=O) groups excluding carboxylic acids is 2. The number of Topliss-reactive ketones (excluding diaryl/α,β-unsaturated/α-hetero) is 2. The van der Waals surface area contributed by atoms with Gasteiger partial charge in [0, 0.05) is 47.3 Å². The molecular weight excluding hydrogens is 362 g/mol. The van der Waals surface area contributed by atoms with E-state index in [0.717, 1.165) is 13.0 Å². The fraction of sp³-hybridized carbons (Fsp3) is 0.700. The topological polar surface area (TPSA) is 80.3 Å². The van der Waals surface area contributed by atoms with Crippen LogP contribution in [0.2, 0.25) is 0 Å². The Morgan fingerprint density at radius 2 is 2.00 bits per heavy atom. The lowest BCUT2D eigenvalue weighted by Crippen LogP contribution is -2.76. The van der Waals surface area contributed by atoms with Crippen LogP contribution in [0.25, 0.3) is 0 Å². The monoisotopic (exact) mass is 385 g/mol. The lowest BCUT2D eigenvalue weighted by molar-refractivity contribution is -0.133. The van der Waals surface area contributed by atoms with E-state index in [9.17, 15) is 9.59 Å². The van der Waals surface area contributed by atoms with Crippen LogP contribution in [-0.2, 0) is 23.8 Å². The van der Waals surface area contributed by atoms with E-state index in [4.69, 9.17) is 14.2 Å². The molecule has 7 rings (SSSR count). The minimum absolute atomic E-state index is 0.00471. The fourth-order valence-corrected chi connectivity index (χ4v) is 7.16. The number of ketones is 2. The average Bonchev–Trinajstić information content (AvgIpc) is 3.40. The first kappa shape index (κ1) is 16.2. The fourth-order valence-electron chi connectivity index (χ4n) is 7.16. The van der Waals surface area contributed by atoms with E-state index in [0.29, 0.717) is 35.9 Å². The number of methoxy groups -OCH3 is 1. The molecule has 6 heterocycles. The minimum Gasteiger partial charge on any atom is -0.492 e. The number of hydrogen-bond donors (Lipinski definition) is 1. The van der Waals surface area contributed by atoms with Crippen LogP contribution >= 0.6 is 0 Å². The normalized spacial score (nSPS) is 49.1. The number of fused-ring (bicyclic) bond motifs is 7. The smallest absolute Gasteiger partial charge is 0.226 e. The zero-order chi connectivity index (χ0) is 18.9. The van der Waals surface area contributed by atoms with Crippen LogP contribution in [0.5, 0.6) is 0 Å². The molecule has 148 valence electrons. The van der Waals surface area contributed by atoms with Crippen molar-refractivity contribution in [3.8, 4) is 0 Å². The number of piperidine rings is 1. The Balaban J connectivity index is 1.48. The van der Waals surface area contributed by atoms with Gasteiger partial charge in [0.25, 0.3) is 0 Å². The molecule has 28 heavy (non-hydrogen) atoms. The summed E-state index contributed by atoms with van der Waals surface area (Å²) in [6, 6.07) is 0.339. The van der Waals surface area contributed by atoms with Gasteiger partial charge in [0.1, 0.15) is 12.5 Å². The van der Waals surface area contributed by atoms with Gasteiger partial charge in [-0.1, -0.05) is 0 Å². The van der Waals surface area contributed by atoms with Crippen LogP contribution in [-0.4, -0.2) is 90.9 Å².